The van der Waals surface area contributed by atoms with Crippen LogP contribution < -0.4 is 5.56 Å². The molecule has 0 bridgehead atoms. The standard InChI is InChI=1S/C10H7FN2O/c11-8-4-2-1-3-7(8)9-10(14)13-6-5-12-9/h1-6H,(H,13,14). The molecule has 0 fully saturated rings. The minimum atomic E-state index is -0.448. The van der Waals surface area contributed by atoms with Crippen molar-refractivity contribution in [3.8, 4) is 11.3 Å². The van der Waals surface area contributed by atoms with Gasteiger partial charge in [0.1, 0.15) is 11.5 Å². The fourth-order valence-electron chi connectivity index (χ4n) is 1.20. The zero-order valence-electron chi connectivity index (χ0n) is 7.20. The summed E-state index contributed by atoms with van der Waals surface area (Å²) in [6.07, 6.45) is 2.83. The van der Waals surface area contributed by atoms with Crippen LogP contribution in [-0.4, -0.2) is 9.97 Å². The Morgan fingerprint density at radius 1 is 1.29 bits per heavy atom. The molecule has 0 saturated carbocycles. The lowest BCUT2D eigenvalue weighted by atomic mass is 10.1. The largest absolute Gasteiger partial charge is 0.326 e. The fourth-order valence-corrected chi connectivity index (χ4v) is 1.20. The van der Waals surface area contributed by atoms with Crippen LogP contribution in [0.15, 0.2) is 41.5 Å². The zero-order valence-corrected chi connectivity index (χ0v) is 7.20. The van der Waals surface area contributed by atoms with E-state index in [0.29, 0.717) is 0 Å². The van der Waals surface area contributed by atoms with Crippen LogP contribution in [0.5, 0.6) is 0 Å². The second-order valence-electron chi connectivity index (χ2n) is 2.75. The molecule has 2 aromatic rings. The highest BCUT2D eigenvalue weighted by molar-refractivity contribution is 5.58. The molecule has 3 nitrogen and oxygen atoms in total. The number of H-pyrrole nitrogens is 1. The van der Waals surface area contributed by atoms with Gasteiger partial charge in [-0.05, 0) is 12.1 Å². The first-order valence-electron chi connectivity index (χ1n) is 4.07. The number of nitrogens with one attached hydrogen (secondary N) is 1. The second-order valence-corrected chi connectivity index (χ2v) is 2.75. The molecule has 0 radical (unpaired) electrons. The van der Waals surface area contributed by atoms with Crippen molar-refractivity contribution in [3.05, 3.63) is 52.8 Å². The number of benzene rings is 1. The maximum absolute atomic E-state index is 13.3. The molecular weight excluding hydrogens is 183 g/mol. The van der Waals surface area contributed by atoms with Crippen molar-refractivity contribution in [1.82, 2.24) is 9.97 Å². The lowest BCUT2D eigenvalue weighted by Crippen LogP contribution is -2.10. The molecule has 0 atom stereocenters. The van der Waals surface area contributed by atoms with Crippen LogP contribution in [0.25, 0.3) is 11.3 Å². The number of halogens is 1. The van der Waals surface area contributed by atoms with Gasteiger partial charge in [-0.25, -0.2) is 9.37 Å². The zero-order chi connectivity index (χ0) is 9.97. The van der Waals surface area contributed by atoms with Crippen LogP contribution in [0.1, 0.15) is 0 Å². The van der Waals surface area contributed by atoms with Crippen molar-refractivity contribution < 1.29 is 4.39 Å². The van der Waals surface area contributed by atoms with Crippen LogP contribution in [0.2, 0.25) is 0 Å². The second kappa shape index (κ2) is 3.41. The van der Waals surface area contributed by atoms with E-state index >= 15 is 0 Å². The van der Waals surface area contributed by atoms with Crippen molar-refractivity contribution in [1.29, 1.82) is 0 Å². The molecule has 0 unspecified atom stereocenters. The number of hydrogen-bond donors (Lipinski definition) is 1. The summed E-state index contributed by atoms with van der Waals surface area (Å²) in [5, 5.41) is 0. The van der Waals surface area contributed by atoms with Gasteiger partial charge in [0.15, 0.2) is 0 Å². The molecule has 14 heavy (non-hydrogen) atoms. The van der Waals surface area contributed by atoms with Crippen molar-refractivity contribution in [2.45, 2.75) is 0 Å². The van der Waals surface area contributed by atoms with Crippen LogP contribution in [0.3, 0.4) is 0 Å². The van der Waals surface area contributed by atoms with Gasteiger partial charge in [-0.2, -0.15) is 0 Å². The summed E-state index contributed by atoms with van der Waals surface area (Å²) in [6.45, 7) is 0. The van der Waals surface area contributed by atoms with Crippen molar-refractivity contribution in [2.75, 3.05) is 0 Å². The van der Waals surface area contributed by atoms with Gasteiger partial charge in [-0.3, -0.25) is 4.79 Å². The number of aromatic nitrogens is 2. The summed E-state index contributed by atoms with van der Waals surface area (Å²) in [5.74, 6) is -0.448. The summed E-state index contributed by atoms with van der Waals surface area (Å²) in [4.78, 5) is 17.6. The molecule has 1 aromatic heterocycles. The minimum absolute atomic E-state index is 0.102. The van der Waals surface area contributed by atoms with Gasteiger partial charge in [0, 0.05) is 18.0 Å². The van der Waals surface area contributed by atoms with Gasteiger partial charge in [0.05, 0.1) is 0 Å². The van der Waals surface area contributed by atoms with Gasteiger partial charge < -0.3 is 4.98 Å². The average molecular weight is 190 g/mol. The number of rotatable bonds is 1. The lowest BCUT2D eigenvalue weighted by Gasteiger charge is -1.99. The highest BCUT2D eigenvalue weighted by atomic mass is 19.1. The summed E-state index contributed by atoms with van der Waals surface area (Å²) in [7, 11) is 0. The highest BCUT2D eigenvalue weighted by Crippen LogP contribution is 2.15. The molecule has 0 aliphatic heterocycles. The first-order valence-corrected chi connectivity index (χ1v) is 4.07. The third-order valence-corrected chi connectivity index (χ3v) is 1.84. The quantitative estimate of drug-likeness (QED) is 0.741. The van der Waals surface area contributed by atoms with E-state index in [1.807, 2.05) is 0 Å². The summed E-state index contributed by atoms with van der Waals surface area (Å²) >= 11 is 0. The molecule has 1 N–H and O–H groups in total. The highest BCUT2D eigenvalue weighted by Gasteiger charge is 2.07. The monoisotopic (exact) mass is 190 g/mol. The van der Waals surface area contributed by atoms with Crippen LogP contribution in [-0.2, 0) is 0 Å². The van der Waals surface area contributed by atoms with E-state index < -0.39 is 11.4 Å². The Morgan fingerprint density at radius 3 is 2.79 bits per heavy atom. The topological polar surface area (TPSA) is 45.8 Å². The molecule has 2 rings (SSSR count). The van der Waals surface area contributed by atoms with E-state index in [1.165, 1.54) is 24.5 Å². The molecular formula is C10H7FN2O. The van der Waals surface area contributed by atoms with Crippen LogP contribution in [0.4, 0.5) is 4.39 Å². The maximum Gasteiger partial charge on any atom is 0.274 e. The molecule has 1 heterocycles. The molecule has 0 spiro atoms. The Morgan fingerprint density at radius 2 is 2.07 bits per heavy atom. The molecule has 0 aliphatic carbocycles. The predicted molar refractivity (Wildman–Crippen MR) is 50.3 cm³/mol. The summed E-state index contributed by atoms with van der Waals surface area (Å²) in [6, 6.07) is 6.04. The Hall–Kier alpha value is -1.97. The molecule has 0 saturated heterocycles. The van der Waals surface area contributed by atoms with Crippen molar-refractivity contribution >= 4 is 0 Å². The Balaban J connectivity index is 2.67. The van der Waals surface area contributed by atoms with Gasteiger partial charge in [-0.1, -0.05) is 12.1 Å². The molecule has 0 aliphatic rings. The number of aromatic amines is 1. The molecule has 70 valence electrons. The first-order chi connectivity index (χ1) is 6.79. The van der Waals surface area contributed by atoms with Crippen molar-refractivity contribution in [3.63, 3.8) is 0 Å². The van der Waals surface area contributed by atoms with E-state index in [0.717, 1.165) is 0 Å². The first kappa shape index (κ1) is 8.62. The fraction of sp³-hybridized carbons (Fsp3) is 0. The number of nitrogens with zero attached hydrogens (tertiary/aromatic N) is 1. The van der Waals surface area contributed by atoms with Crippen LogP contribution >= 0.6 is 0 Å². The Labute approximate surface area is 79.3 Å². The van der Waals surface area contributed by atoms with E-state index in [1.54, 1.807) is 12.1 Å². The van der Waals surface area contributed by atoms with Gasteiger partial charge in [0.2, 0.25) is 0 Å². The molecule has 0 amide bonds. The molecule has 1 aromatic carbocycles. The Kier molecular flexibility index (Phi) is 2.10. The third-order valence-electron chi connectivity index (χ3n) is 1.84. The molecule has 4 heteroatoms. The SMILES string of the molecule is O=c1[nH]ccnc1-c1ccccc1F. The Bertz CT molecular complexity index is 507. The summed E-state index contributed by atoms with van der Waals surface area (Å²) in [5.41, 5.74) is -0.0717. The van der Waals surface area contributed by atoms with Gasteiger partial charge in [-0.15, -0.1) is 0 Å². The predicted octanol–water partition coefficient (Wildman–Crippen LogP) is 1.58. The minimum Gasteiger partial charge on any atom is -0.326 e. The summed E-state index contributed by atoms with van der Waals surface area (Å²) < 4.78 is 13.3. The average Bonchev–Trinajstić information content (AvgIpc) is 2.20. The van der Waals surface area contributed by atoms with Crippen LogP contribution in [0, 0.1) is 5.82 Å². The van der Waals surface area contributed by atoms with Gasteiger partial charge in [0.25, 0.3) is 5.56 Å². The van der Waals surface area contributed by atoms with Crippen molar-refractivity contribution in [2.24, 2.45) is 0 Å². The van der Waals surface area contributed by atoms with E-state index in [9.17, 15) is 9.18 Å². The van der Waals surface area contributed by atoms with Gasteiger partial charge >= 0.3 is 0 Å². The third kappa shape index (κ3) is 1.42. The van der Waals surface area contributed by atoms with E-state index in [-0.39, 0.29) is 11.3 Å². The normalized spacial score (nSPS) is 10.1. The maximum atomic E-state index is 13.3. The van der Waals surface area contributed by atoms with E-state index in [4.69, 9.17) is 0 Å². The smallest absolute Gasteiger partial charge is 0.274 e. The van der Waals surface area contributed by atoms with E-state index in [2.05, 4.69) is 9.97 Å². The number of hydrogen-bond acceptors (Lipinski definition) is 2. The lowest BCUT2D eigenvalue weighted by molar-refractivity contribution is 0.630.